The molecule has 2 aliphatic rings. The summed E-state index contributed by atoms with van der Waals surface area (Å²) in [5.41, 5.74) is 0. The molecule has 2 fully saturated rings. The molecule has 15 heteroatoms. The Morgan fingerprint density at radius 2 is 1.19 bits per heavy atom. The Morgan fingerprint density at radius 3 is 1.83 bits per heavy atom. The third-order valence-electron chi connectivity index (χ3n) is 8.88. The van der Waals surface area contributed by atoms with E-state index in [4.69, 9.17) is 28.4 Å². The second kappa shape index (κ2) is 27.3. The topological polar surface area (TPSA) is 231 Å². The fourth-order valence-electron chi connectivity index (χ4n) is 5.64. The van der Waals surface area contributed by atoms with Crippen LogP contribution in [0.1, 0.15) is 97.3 Å². The Kier molecular flexibility index (Phi) is 24.2. The molecule has 0 saturated carbocycles. The molecule has 2 heterocycles. The highest BCUT2D eigenvalue weighted by Gasteiger charge is 2.47. The summed E-state index contributed by atoms with van der Waals surface area (Å²) < 4.78 is 33.0. The molecule has 0 amide bonds. The Hall–Kier alpha value is -2.28. The molecule has 0 radical (unpaired) electrons. The lowest BCUT2D eigenvalue weighted by molar-refractivity contribution is -0.332. The monoisotopic (exact) mass is 760 g/mol. The molecule has 2 aliphatic heterocycles. The molecule has 2 rings (SSSR count). The van der Waals surface area contributed by atoms with Crippen LogP contribution in [0.2, 0.25) is 0 Å². The van der Waals surface area contributed by atoms with E-state index in [0.29, 0.717) is 12.8 Å². The molecular formula is C38H64O15. The molecule has 53 heavy (non-hydrogen) atoms. The number of ether oxygens (including phenoxy) is 6. The van der Waals surface area contributed by atoms with Gasteiger partial charge in [-0.2, -0.15) is 0 Å². The summed E-state index contributed by atoms with van der Waals surface area (Å²) in [7, 11) is 0. The first kappa shape index (κ1) is 46.9. The zero-order chi connectivity index (χ0) is 39.0. The largest absolute Gasteiger partial charge is 0.462 e. The lowest BCUT2D eigenvalue weighted by Crippen LogP contribution is -2.61. The second-order valence-electron chi connectivity index (χ2n) is 13.4. The molecule has 2 saturated heterocycles. The van der Waals surface area contributed by atoms with Crippen molar-refractivity contribution < 1.29 is 73.8 Å². The maximum Gasteiger partial charge on any atom is 0.306 e. The third-order valence-corrected chi connectivity index (χ3v) is 8.88. The minimum atomic E-state index is -1.77. The zero-order valence-corrected chi connectivity index (χ0v) is 31.2. The molecule has 0 aromatic rings. The van der Waals surface area contributed by atoms with Crippen LogP contribution in [0.3, 0.4) is 0 Å². The van der Waals surface area contributed by atoms with Gasteiger partial charge in [0.05, 0.1) is 19.8 Å². The van der Waals surface area contributed by atoms with Crippen molar-refractivity contribution in [1.29, 1.82) is 0 Å². The van der Waals surface area contributed by atoms with E-state index in [1.165, 1.54) is 0 Å². The van der Waals surface area contributed by atoms with Crippen LogP contribution in [-0.4, -0.2) is 142 Å². The SMILES string of the molecule is CC/C=C\C/C=C\C/C=C\CCCCCC(=O)OC(COC(=O)CCCCCC)COC1OC(COC2OC(CO)C(O)C(O)C2O)C(O)C(O)C1O. The summed E-state index contributed by atoms with van der Waals surface area (Å²) in [6.45, 7) is 2.24. The van der Waals surface area contributed by atoms with Crippen molar-refractivity contribution in [2.75, 3.05) is 26.4 Å². The van der Waals surface area contributed by atoms with Crippen LogP contribution >= 0.6 is 0 Å². The van der Waals surface area contributed by atoms with E-state index in [0.717, 1.165) is 57.8 Å². The maximum absolute atomic E-state index is 12.8. The van der Waals surface area contributed by atoms with Gasteiger partial charge in [0.25, 0.3) is 0 Å². The normalized spacial score (nSPS) is 30.0. The van der Waals surface area contributed by atoms with Gasteiger partial charge in [0.15, 0.2) is 18.7 Å². The van der Waals surface area contributed by atoms with E-state index < -0.39 is 99.3 Å². The van der Waals surface area contributed by atoms with Gasteiger partial charge >= 0.3 is 11.9 Å². The van der Waals surface area contributed by atoms with Gasteiger partial charge in [0.1, 0.15) is 55.4 Å². The number of rotatable bonds is 26. The van der Waals surface area contributed by atoms with E-state index in [1.54, 1.807) is 0 Å². The van der Waals surface area contributed by atoms with Crippen molar-refractivity contribution in [2.24, 2.45) is 0 Å². The van der Waals surface area contributed by atoms with Gasteiger partial charge in [0.2, 0.25) is 0 Å². The molecular weight excluding hydrogens is 696 g/mol. The van der Waals surface area contributed by atoms with E-state index in [1.807, 2.05) is 0 Å². The fraction of sp³-hybridized carbons (Fsp3) is 0.789. The molecule has 7 N–H and O–H groups in total. The predicted octanol–water partition coefficient (Wildman–Crippen LogP) is 1.86. The number of aliphatic hydroxyl groups is 7. The minimum Gasteiger partial charge on any atom is -0.462 e. The summed E-state index contributed by atoms with van der Waals surface area (Å²) in [6, 6.07) is 0. The number of aliphatic hydroxyl groups excluding tert-OH is 7. The summed E-state index contributed by atoms with van der Waals surface area (Å²) in [5.74, 6) is -0.987. The molecule has 11 atom stereocenters. The highest BCUT2D eigenvalue weighted by molar-refractivity contribution is 5.70. The van der Waals surface area contributed by atoms with Gasteiger partial charge in [-0.3, -0.25) is 9.59 Å². The van der Waals surface area contributed by atoms with Gasteiger partial charge in [-0.15, -0.1) is 0 Å². The van der Waals surface area contributed by atoms with Gasteiger partial charge in [-0.1, -0.05) is 76.0 Å². The molecule has 0 aromatic heterocycles. The van der Waals surface area contributed by atoms with Gasteiger partial charge in [-0.05, 0) is 44.9 Å². The zero-order valence-electron chi connectivity index (χ0n) is 31.2. The van der Waals surface area contributed by atoms with Crippen molar-refractivity contribution in [1.82, 2.24) is 0 Å². The summed E-state index contributed by atoms with van der Waals surface area (Å²) >= 11 is 0. The standard InChI is InChI=1S/C38H64O15/c1-3-5-7-9-10-11-12-13-14-15-16-17-19-21-30(41)51-26(23-48-29(40)20-18-8-6-4-2)24-49-37-36(47)34(45)32(43)28(53-37)25-50-38-35(46)33(44)31(42)27(22-39)52-38/h5,7,10-11,13-14,26-28,31-39,42-47H,3-4,6,8-9,12,15-25H2,1-2H3/b7-5-,11-10-,14-13-. The maximum atomic E-state index is 12.8. The molecule has 0 bridgehead atoms. The lowest BCUT2D eigenvalue weighted by atomic mass is 9.98. The van der Waals surface area contributed by atoms with Crippen molar-refractivity contribution >= 4 is 11.9 Å². The molecule has 11 unspecified atom stereocenters. The van der Waals surface area contributed by atoms with Gasteiger partial charge in [-0.25, -0.2) is 0 Å². The van der Waals surface area contributed by atoms with Crippen LogP contribution in [0.4, 0.5) is 0 Å². The van der Waals surface area contributed by atoms with Crippen LogP contribution in [0, 0.1) is 0 Å². The minimum absolute atomic E-state index is 0.129. The number of allylic oxidation sites excluding steroid dienone is 6. The number of carbonyl (C=O) groups is 2. The molecule has 0 spiro atoms. The van der Waals surface area contributed by atoms with E-state index in [9.17, 15) is 45.3 Å². The first-order chi connectivity index (χ1) is 25.5. The summed E-state index contributed by atoms with van der Waals surface area (Å²) in [6.07, 6.45) is 5.75. The van der Waals surface area contributed by atoms with Crippen molar-refractivity contribution in [3.05, 3.63) is 36.5 Å². The molecule has 0 aromatic carbocycles. The number of hydrogen-bond acceptors (Lipinski definition) is 15. The quantitative estimate of drug-likeness (QED) is 0.0379. The lowest BCUT2D eigenvalue weighted by Gasteiger charge is -2.42. The van der Waals surface area contributed by atoms with Crippen molar-refractivity contribution in [3.8, 4) is 0 Å². The fourth-order valence-corrected chi connectivity index (χ4v) is 5.64. The summed E-state index contributed by atoms with van der Waals surface area (Å²) in [5, 5.41) is 71.3. The van der Waals surface area contributed by atoms with Gasteiger partial charge < -0.3 is 64.2 Å². The second-order valence-corrected chi connectivity index (χ2v) is 13.4. The highest BCUT2D eigenvalue weighted by atomic mass is 16.7. The van der Waals surface area contributed by atoms with Crippen molar-refractivity contribution in [3.63, 3.8) is 0 Å². The number of esters is 2. The van der Waals surface area contributed by atoms with Gasteiger partial charge in [0, 0.05) is 12.8 Å². The number of carbonyl (C=O) groups excluding carboxylic acids is 2. The van der Waals surface area contributed by atoms with Crippen LogP contribution in [0.5, 0.6) is 0 Å². The Morgan fingerprint density at radius 1 is 0.623 bits per heavy atom. The summed E-state index contributed by atoms with van der Waals surface area (Å²) in [4.78, 5) is 25.1. The first-order valence-corrected chi connectivity index (χ1v) is 19.1. The average Bonchev–Trinajstić information content (AvgIpc) is 3.15. The first-order valence-electron chi connectivity index (χ1n) is 19.1. The predicted molar refractivity (Wildman–Crippen MR) is 192 cm³/mol. The van der Waals surface area contributed by atoms with Crippen LogP contribution in [0.25, 0.3) is 0 Å². The van der Waals surface area contributed by atoms with Crippen LogP contribution in [0.15, 0.2) is 36.5 Å². The number of unbranched alkanes of at least 4 members (excludes halogenated alkanes) is 6. The Bertz CT molecular complexity index is 1080. The van der Waals surface area contributed by atoms with Crippen LogP contribution < -0.4 is 0 Å². The molecule has 306 valence electrons. The molecule has 15 nitrogen and oxygen atoms in total. The average molecular weight is 761 g/mol. The van der Waals surface area contributed by atoms with Crippen LogP contribution in [-0.2, 0) is 38.0 Å². The van der Waals surface area contributed by atoms with E-state index in [-0.39, 0.29) is 19.4 Å². The Balaban J connectivity index is 1.90. The molecule has 0 aliphatic carbocycles. The Labute approximate surface area is 313 Å². The van der Waals surface area contributed by atoms with Crippen molar-refractivity contribution in [2.45, 2.75) is 165 Å². The van der Waals surface area contributed by atoms with E-state index in [2.05, 4.69) is 50.3 Å². The third kappa shape index (κ3) is 17.8. The highest BCUT2D eigenvalue weighted by Crippen LogP contribution is 2.26. The van der Waals surface area contributed by atoms with E-state index >= 15 is 0 Å². The number of hydrogen-bond donors (Lipinski definition) is 7. The smallest absolute Gasteiger partial charge is 0.306 e.